The van der Waals surface area contributed by atoms with Gasteiger partial charge < -0.3 is 15.3 Å². The minimum absolute atomic E-state index is 0.0781. The fourth-order valence-corrected chi connectivity index (χ4v) is 2.72. The quantitative estimate of drug-likeness (QED) is 0.665. The predicted molar refractivity (Wildman–Crippen MR) is 53.7 cm³/mol. The molecule has 2 unspecified atom stereocenters. The van der Waals surface area contributed by atoms with Crippen LogP contribution in [0.15, 0.2) is 0 Å². The molecule has 1 aliphatic heterocycles. The smallest absolute Gasteiger partial charge is 0.0627 e. The number of piperidine rings is 1. The third-order valence-corrected chi connectivity index (χ3v) is 3.98. The van der Waals surface area contributed by atoms with E-state index in [-0.39, 0.29) is 12.1 Å². The second kappa shape index (κ2) is 4.05. The molecule has 1 fully saturated rings. The van der Waals surface area contributed by atoms with Gasteiger partial charge in [0, 0.05) is 11.4 Å². The zero-order valence-electron chi connectivity index (χ0n) is 7.68. The first kappa shape index (κ1) is 10.4. The molecule has 0 spiro atoms. The number of aliphatic hydroxyl groups is 1. The van der Waals surface area contributed by atoms with Crippen molar-refractivity contribution in [3.8, 4) is 0 Å². The Bertz CT molecular complexity index is 154. The van der Waals surface area contributed by atoms with Gasteiger partial charge in [-0.15, -0.1) is 0 Å². The molecule has 2 N–H and O–H groups in total. The lowest BCUT2D eigenvalue weighted by molar-refractivity contribution is 0.0485. The summed E-state index contributed by atoms with van der Waals surface area (Å²) in [6, 6.07) is 0. The molecule has 4 heteroatoms. The number of halogens is 1. The molecule has 0 saturated carbocycles. The molecule has 0 radical (unpaired) electrons. The van der Waals surface area contributed by atoms with Crippen LogP contribution in [0, 0.1) is 0 Å². The number of hydrogen-bond acceptors (Lipinski definition) is 3. The second-order valence-electron chi connectivity index (χ2n) is 3.58. The van der Waals surface area contributed by atoms with E-state index in [1.165, 1.54) is 0 Å². The lowest BCUT2D eigenvalue weighted by Crippen LogP contribution is -2.61. The van der Waals surface area contributed by atoms with E-state index in [2.05, 4.69) is 26.1 Å². The normalized spacial score (nSPS) is 37.2. The molecule has 1 aliphatic rings. The number of aliphatic hydroxyl groups excluding tert-OH is 1. The van der Waals surface area contributed by atoms with E-state index in [9.17, 15) is 5.11 Å². The Morgan fingerprint density at radius 2 is 2.33 bits per heavy atom. The van der Waals surface area contributed by atoms with E-state index in [0.29, 0.717) is 4.83 Å². The van der Waals surface area contributed by atoms with E-state index < -0.39 is 0 Å². The lowest BCUT2D eigenvalue weighted by Gasteiger charge is -2.45. The molecular weight excluding hydrogens is 220 g/mol. The van der Waals surface area contributed by atoms with Gasteiger partial charge in [-0.1, -0.05) is 15.9 Å². The zero-order chi connectivity index (χ0) is 9.19. The highest BCUT2D eigenvalue weighted by Crippen LogP contribution is 2.28. The van der Waals surface area contributed by atoms with E-state index in [1.54, 1.807) is 0 Å². The van der Waals surface area contributed by atoms with Crippen LogP contribution in [-0.4, -0.2) is 54.2 Å². The number of nitrogens with zero attached hydrogens (tertiary/aromatic N) is 1. The maximum absolute atomic E-state index is 9.38. The summed E-state index contributed by atoms with van der Waals surface area (Å²) in [5, 5.41) is 12.7. The minimum Gasteiger partial charge on any atom is -0.394 e. The van der Waals surface area contributed by atoms with Crippen LogP contribution in [0.5, 0.6) is 0 Å². The molecule has 0 aromatic heterocycles. The maximum Gasteiger partial charge on any atom is 0.0627 e. The van der Waals surface area contributed by atoms with Gasteiger partial charge in [-0.3, -0.25) is 0 Å². The number of alkyl halides is 1. The topological polar surface area (TPSA) is 35.5 Å². The Balaban J connectivity index is 2.73. The Hall–Kier alpha value is 0.360. The zero-order valence-corrected chi connectivity index (χ0v) is 9.26. The molecule has 72 valence electrons. The molecule has 1 saturated heterocycles. The Kier molecular flexibility index (Phi) is 3.52. The molecule has 0 aliphatic carbocycles. The maximum atomic E-state index is 9.38. The Morgan fingerprint density at radius 1 is 1.67 bits per heavy atom. The first-order valence-electron chi connectivity index (χ1n) is 4.26. The fourth-order valence-electron chi connectivity index (χ4n) is 1.70. The molecule has 2 atom stereocenters. The number of hydrogen-bond donors (Lipinski definition) is 2. The second-order valence-corrected chi connectivity index (χ2v) is 4.68. The highest BCUT2D eigenvalue weighted by Gasteiger charge is 2.40. The summed E-state index contributed by atoms with van der Waals surface area (Å²) in [5.41, 5.74) is -0.0781. The summed E-state index contributed by atoms with van der Waals surface area (Å²) in [6.07, 6.45) is 0.992. The van der Waals surface area contributed by atoms with Crippen LogP contribution < -0.4 is 5.32 Å². The van der Waals surface area contributed by atoms with Gasteiger partial charge in [0.2, 0.25) is 0 Å². The molecular formula is C8H17BrN2O. The monoisotopic (exact) mass is 236 g/mol. The number of likely N-dealkylation sites (N-methyl/N-ethyl adjacent to an activating group) is 1. The summed E-state index contributed by atoms with van der Waals surface area (Å²) in [4.78, 5) is 2.45. The van der Waals surface area contributed by atoms with Crippen LogP contribution in [0.3, 0.4) is 0 Å². The molecule has 12 heavy (non-hydrogen) atoms. The predicted octanol–water partition coefficient (Wildman–Crippen LogP) is 0.0359. The van der Waals surface area contributed by atoms with Crippen molar-refractivity contribution in [1.29, 1.82) is 0 Å². The summed E-state index contributed by atoms with van der Waals surface area (Å²) in [6.45, 7) is 2.14. The summed E-state index contributed by atoms with van der Waals surface area (Å²) >= 11 is 3.61. The first-order chi connectivity index (χ1) is 5.63. The molecule has 0 bridgehead atoms. The van der Waals surface area contributed by atoms with E-state index >= 15 is 0 Å². The summed E-state index contributed by atoms with van der Waals surface area (Å²) in [5.74, 6) is 0. The SMILES string of the molecule is CN(C)C1(CO)CCNCC1Br. The van der Waals surface area contributed by atoms with Crippen molar-refractivity contribution in [1.82, 2.24) is 10.2 Å². The molecule has 0 aromatic rings. The Labute approximate surface area is 82.3 Å². The number of rotatable bonds is 2. The number of nitrogens with one attached hydrogen (secondary N) is 1. The minimum atomic E-state index is -0.0781. The van der Waals surface area contributed by atoms with Gasteiger partial charge in [0.05, 0.1) is 12.1 Å². The van der Waals surface area contributed by atoms with Crippen LogP contribution in [0.2, 0.25) is 0 Å². The van der Waals surface area contributed by atoms with Crippen molar-refractivity contribution in [3.05, 3.63) is 0 Å². The van der Waals surface area contributed by atoms with Crippen LogP contribution in [0.25, 0.3) is 0 Å². The Morgan fingerprint density at radius 3 is 2.67 bits per heavy atom. The van der Waals surface area contributed by atoms with Gasteiger partial charge in [0.1, 0.15) is 0 Å². The van der Waals surface area contributed by atoms with E-state index in [4.69, 9.17) is 0 Å². The van der Waals surface area contributed by atoms with Gasteiger partial charge >= 0.3 is 0 Å². The van der Waals surface area contributed by atoms with E-state index in [0.717, 1.165) is 19.5 Å². The van der Waals surface area contributed by atoms with E-state index in [1.807, 2.05) is 14.1 Å². The van der Waals surface area contributed by atoms with Crippen molar-refractivity contribution >= 4 is 15.9 Å². The van der Waals surface area contributed by atoms with Gasteiger partial charge in [-0.2, -0.15) is 0 Å². The van der Waals surface area contributed by atoms with Crippen molar-refractivity contribution in [2.45, 2.75) is 16.8 Å². The molecule has 0 aromatic carbocycles. The standard InChI is InChI=1S/C8H17BrN2O/c1-11(2)8(6-12)3-4-10-5-7(8)9/h7,10,12H,3-6H2,1-2H3. The van der Waals surface area contributed by atoms with Crippen molar-refractivity contribution < 1.29 is 5.11 Å². The van der Waals surface area contributed by atoms with Gasteiger partial charge in [-0.25, -0.2) is 0 Å². The molecule has 1 rings (SSSR count). The van der Waals surface area contributed by atoms with Gasteiger partial charge in [0.15, 0.2) is 0 Å². The van der Waals surface area contributed by atoms with Gasteiger partial charge in [-0.05, 0) is 27.1 Å². The van der Waals surface area contributed by atoms with Crippen molar-refractivity contribution in [3.63, 3.8) is 0 Å². The molecule has 3 nitrogen and oxygen atoms in total. The third-order valence-electron chi connectivity index (χ3n) is 2.81. The van der Waals surface area contributed by atoms with Crippen LogP contribution >= 0.6 is 15.9 Å². The van der Waals surface area contributed by atoms with Crippen LogP contribution in [0.1, 0.15) is 6.42 Å². The molecule has 0 amide bonds. The van der Waals surface area contributed by atoms with Crippen molar-refractivity contribution in [2.75, 3.05) is 33.8 Å². The average Bonchev–Trinajstić information content (AvgIpc) is 2.05. The summed E-state index contributed by atoms with van der Waals surface area (Å²) in [7, 11) is 4.05. The largest absolute Gasteiger partial charge is 0.394 e. The average molecular weight is 237 g/mol. The van der Waals surface area contributed by atoms with Gasteiger partial charge in [0.25, 0.3) is 0 Å². The first-order valence-corrected chi connectivity index (χ1v) is 5.18. The highest BCUT2D eigenvalue weighted by molar-refractivity contribution is 9.09. The fraction of sp³-hybridized carbons (Fsp3) is 1.00. The van der Waals surface area contributed by atoms with Crippen LogP contribution in [0.4, 0.5) is 0 Å². The van der Waals surface area contributed by atoms with Crippen LogP contribution in [-0.2, 0) is 0 Å². The summed E-state index contributed by atoms with van der Waals surface area (Å²) < 4.78 is 0. The third kappa shape index (κ3) is 1.66. The highest BCUT2D eigenvalue weighted by atomic mass is 79.9. The van der Waals surface area contributed by atoms with Crippen molar-refractivity contribution in [2.24, 2.45) is 0 Å². The molecule has 1 heterocycles. The lowest BCUT2D eigenvalue weighted by atomic mass is 9.88.